The molecule has 3 rings (SSSR count). The Balaban J connectivity index is 2.01. The Kier molecular flexibility index (Phi) is 3.23. The average Bonchev–Trinajstić information content (AvgIpc) is 2.88. The fourth-order valence-corrected chi connectivity index (χ4v) is 2.18. The average molecular weight is 282 g/mol. The zero-order valence-corrected chi connectivity index (χ0v) is 11.4. The number of nitrogens with two attached hydrogens (primary N) is 1. The number of fused-ring (bicyclic) bond motifs is 1. The van der Waals surface area contributed by atoms with Gasteiger partial charge in [-0.15, -0.1) is 0 Å². The van der Waals surface area contributed by atoms with Gasteiger partial charge in [0.25, 0.3) is 0 Å². The molecule has 0 aliphatic carbocycles. The summed E-state index contributed by atoms with van der Waals surface area (Å²) >= 11 is 0. The number of nitrogens with one attached hydrogen (secondary N) is 1. The number of nitrogens with zero attached hydrogens (tertiary/aromatic N) is 4. The van der Waals surface area contributed by atoms with Crippen LogP contribution in [0.3, 0.4) is 0 Å². The number of carbonyl (C=O) groups excluding carboxylic acids is 1. The minimum atomic E-state index is -0.662. The van der Waals surface area contributed by atoms with Crippen LogP contribution < -0.4 is 11.1 Å². The number of carbonyl (C=O) groups is 1. The molecule has 0 saturated carbocycles. The van der Waals surface area contributed by atoms with Gasteiger partial charge in [0.2, 0.25) is 5.91 Å². The fourth-order valence-electron chi connectivity index (χ4n) is 2.18. The summed E-state index contributed by atoms with van der Waals surface area (Å²) in [4.78, 5) is 20.1. The molecule has 7 heteroatoms. The first-order valence-corrected chi connectivity index (χ1v) is 6.40. The highest BCUT2D eigenvalue weighted by Crippen LogP contribution is 2.23. The van der Waals surface area contributed by atoms with Gasteiger partial charge in [0.1, 0.15) is 18.2 Å². The predicted molar refractivity (Wildman–Crippen MR) is 78.3 cm³/mol. The SMILES string of the molecule is Cn1ncc2c(NC(C(N)=O)c3ccccc3)ncnc21. The Morgan fingerprint density at radius 2 is 2.05 bits per heavy atom. The van der Waals surface area contributed by atoms with Crippen molar-refractivity contribution >= 4 is 22.8 Å². The van der Waals surface area contributed by atoms with E-state index in [-0.39, 0.29) is 0 Å². The number of primary amides is 1. The van der Waals surface area contributed by atoms with Crippen LogP contribution in [0.4, 0.5) is 5.82 Å². The normalized spacial score (nSPS) is 12.2. The topological polar surface area (TPSA) is 98.7 Å². The summed E-state index contributed by atoms with van der Waals surface area (Å²) in [6.07, 6.45) is 3.08. The van der Waals surface area contributed by atoms with Crippen LogP contribution in [0.15, 0.2) is 42.9 Å². The van der Waals surface area contributed by atoms with E-state index in [1.807, 2.05) is 30.3 Å². The van der Waals surface area contributed by atoms with Crippen LogP contribution in [0.1, 0.15) is 11.6 Å². The molecule has 0 bridgehead atoms. The standard InChI is InChI=1S/C14H14N6O/c1-20-14-10(7-18-20)13(16-8-17-14)19-11(12(15)21)9-5-3-2-4-6-9/h2-8,11H,1H3,(H2,15,21)(H,16,17,19). The molecular weight excluding hydrogens is 268 g/mol. The summed E-state index contributed by atoms with van der Waals surface area (Å²) in [6.45, 7) is 0. The Labute approximate surface area is 120 Å². The summed E-state index contributed by atoms with van der Waals surface area (Å²) in [5, 5.41) is 7.95. The van der Waals surface area contributed by atoms with Gasteiger partial charge in [-0.2, -0.15) is 5.10 Å². The molecule has 3 N–H and O–H groups in total. The molecule has 1 unspecified atom stereocenters. The molecule has 0 aliphatic heterocycles. The van der Waals surface area contributed by atoms with E-state index < -0.39 is 11.9 Å². The van der Waals surface area contributed by atoms with Gasteiger partial charge in [0, 0.05) is 7.05 Å². The maximum atomic E-state index is 11.7. The smallest absolute Gasteiger partial charge is 0.244 e. The summed E-state index contributed by atoms with van der Waals surface area (Å²) in [5.74, 6) is 0.0533. The highest BCUT2D eigenvalue weighted by molar-refractivity contribution is 5.90. The van der Waals surface area contributed by atoms with Crippen LogP contribution in [0.5, 0.6) is 0 Å². The summed E-state index contributed by atoms with van der Waals surface area (Å²) in [6, 6.07) is 8.60. The Morgan fingerprint density at radius 3 is 2.76 bits per heavy atom. The molecule has 3 aromatic rings. The Hall–Kier alpha value is -2.96. The summed E-state index contributed by atoms with van der Waals surface area (Å²) in [5.41, 5.74) is 6.96. The number of amides is 1. The lowest BCUT2D eigenvalue weighted by atomic mass is 10.1. The van der Waals surface area contributed by atoms with Crippen LogP contribution >= 0.6 is 0 Å². The van der Waals surface area contributed by atoms with Gasteiger partial charge in [-0.25, -0.2) is 9.97 Å². The minimum Gasteiger partial charge on any atom is -0.368 e. The van der Waals surface area contributed by atoms with Gasteiger partial charge in [-0.3, -0.25) is 9.48 Å². The molecule has 0 radical (unpaired) electrons. The zero-order chi connectivity index (χ0) is 14.8. The number of aryl methyl sites for hydroxylation is 1. The number of hydrogen-bond donors (Lipinski definition) is 2. The van der Waals surface area contributed by atoms with Crippen molar-refractivity contribution in [1.82, 2.24) is 19.7 Å². The molecule has 7 nitrogen and oxygen atoms in total. The van der Waals surface area contributed by atoms with Crippen molar-refractivity contribution in [2.24, 2.45) is 12.8 Å². The van der Waals surface area contributed by atoms with Crippen molar-refractivity contribution in [1.29, 1.82) is 0 Å². The quantitative estimate of drug-likeness (QED) is 0.744. The van der Waals surface area contributed by atoms with Gasteiger partial charge < -0.3 is 11.1 Å². The molecule has 21 heavy (non-hydrogen) atoms. The first-order chi connectivity index (χ1) is 10.2. The lowest BCUT2D eigenvalue weighted by Gasteiger charge is -2.16. The molecule has 106 valence electrons. The molecule has 0 spiro atoms. The first kappa shape index (κ1) is 13.0. The molecule has 1 aromatic carbocycles. The van der Waals surface area contributed by atoms with Crippen molar-refractivity contribution < 1.29 is 4.79 Å². The zero-order valence-electron chi connectivity index (χ0n) is 11.4. The largest absolute Gasteiger partial charge is 0.368 e. The van der Waals surface area contributed by atoms with Gasteiger partial charge >= 0.3 is 0 Å². The van der Waals surface area contributed by atoms with Crippen LogP contribution in [0.25, 0.3) is 11.0 Å². The molecule has 1 atom stereocenters. The molecule has 2 aromatic heterocycles. The van der Waals surface area contributed by atoms with Crippen molar-refractivity contribution in [3.8, 4) is 0 Å². The van der Waals surface area contributed by atoms with E-state index in [1.165, 1.54) is 6.33 Å². The number of rotatable bonds is 4. The number of aromatic nitrogens is 4. The second-order valence-corrected chi connectivity index (χ2v) is 4.62. The first-order valence-electron chi connectivity index (χ1n) is 6.40. The minimum absolute atomic E-state index is 0.475. The monoisotopic (exact) mass is 282 g/mol. The highest BCUT2D eigenvalue weighted by atomic mass is 16.1. The number of benzene rings is 1. The molecule has 0 fully saturated rings. The summed E-state index contributed by atoms with van der Waals surface area (Å²) in [7, 11) is 1.79. The van der Waals surface area contributed by atoms with E-state index in [2.05, 4.69) is 20.4 Å². The maximum Gasteiger partial charge on any atom is 0.244 e. The maximum absolute atomic E-state index is 11.7. The number of hydrogen-bond acceptors (Lipinski definition) is 5. The van der Waals surface area contributed by atoms with Crippen molar-refractivity contribution in [2.75, 3.05) is 5.32 Å². The third-order valence-corrected chi connectivity index (χ3v) is 3.23. The van der Waals surface area contributed by atoms with Gasteiger partial charge in [0.05, 0.1) is 11.6 Å². The van der Waals surface area contributed by atoms with Crippen molar-refractivity contribution in [2.45, 2.75) is 6.04 Å². The predicted octanol–water partition coefficient (Wildman–Crippen LogP) is 1.00. The lowest BCUT2D eigenvalue weighted by molar-refractivity contribution is -0.118. The molecule has 2 heterocycles. The second kappa shape index (κ2) is 5.20. The Bertz CT molecular complexity index is 783. The fraction of sp³-hybridized carbons (Fsp3) is 0.143. The van der Waals surface area contributed by atoms with Crippen molar-refractivity contribution in [3.63, 3.8) is 0 Å². The molecular formula is C14H14N6O. The highest BCUT2D eigenvalue weighted by Gasteiger charge is 2.19. The molecule has 0 saturated heterocycles. The van der Waals surface area contributed by atoms with Crippen molar-refractivity contribution in [3.05, 3.63) is 48.4 Å². The lowest BCUT2D eigenvalue weighted by Crippen LogP contribution is -2.28. The molecule has 1 amide bonds. The van der Waals surface area contributed by atoms with Crippen LogP contribution in [-0.4, -0.2) is 25.7 Å². The van der Waals surface area contributed by atoms with Gasteiger partial charge in [0.15, 0.2) is 5.65 Å². The number of anilines is 1. The Morgan fingerprint density at radius 1 is 1.29 bits per heavy atom. The van der Waals surface area contributed by atoms with E-state index >= 15 is 0 Å². The van der Waals surface area contributed by atoms with Crippen LogP contribution in [-0.2, 0) is 11.8 Å². The van der Waals surface area contributed by atoms with Crippen LogP contribution in [0, 0.1) is 0 Å². The van der Waals surface area contributed by atoms with E-state index in [0.29, 0.717) is 11.5 Å². The van der Waals surface area contributed by atoms with E-state index in [9.17, 15) is 4.79 Å². The van der Waals surface area contributed by atoms with Gasteiger partial charge in [-0.05, 0) is 5.56 Å². The molecule has 0 aliphatic rings. The summed E-state index contributed by atoms with van der Waals surface area (Å²) < 4.78 is 1.64. The second-order valence-electron chi connectivity index (χ2n) is 4.62. The van der Waals surface area contributed by atoms with Crippen LogP contribution in [0.2, 0.25) is 0 Å². The third kappa shape index (κ3) is 2.40. The van der Waals surface area contributed by atoms with E-state index in [0.717, 1.165) is 10.9 Å². The van der Waals surface area contributed by atoms with E-state index in [4.69, 9.17) is 5.73 Å². The third-order valence-electron chi connectivity index (χ3n) is 3.23. The van der Waals surface area contributed by atoms with Gasteiger partial charge in [-0.1, -0.05) is 30.3 Å². The van der Waals surface area contributed by atoms with E-state index in [1.54, 1.807) is 17.9 Å².